The fourth-order valence-corrected chi connectivity index (χ4v) is 4.80. The Morgan fingerprint density at radius 3 is 2.20 bits per heavy atom. The number of hydrogen-bond acceptors (Lipinski definition) is 4. The van der Waals surface area contributed by atoms with Crippen LogP contribution in [0.15, 0.2) is 48.5 Å². The zero-order valence-corrected chi connectivity index (χ0v) is 21.6. The van der Waals surface area contributed by atoms with Crippen LogP contribution in [0.2, 0.25) is 0 Å². The second-order valence-electron chi connectivity index (χ2n) is 10.5. The average molecular weight is 476 g/mol. The molecule has 0 radical (unpaired) electrons. The first-order valence-electron chi connectivity index (χ1n) is 12.5. The van der Waals surface area contributed by atoms with Crippen LogP contribution in [-0.2, 0) is 17.7 Å². The normalized spacial score (nSPS) is 14.9. The van der Waals surface area contributed by atoms with E-state index in [0.29, 0.717) is 13.1 Å². The van der Waals surface area contributed by atoms with E-state index in [4.69, 9.17) is 4.74 Å². The van der Waals surface area contributed by atoms with Gasteiger partial charge in [0.25, 0.3) is 0 Å². The summed E-state index contributed by atoms with van der Waals surface area (Å²) in [5, 5.41) is 1.29. The highest BCUT2D eigenvalue weighted by Crippen LogP contribution is 2.28. The lowest BCUT2D eigenvalue weighted by molar-refractivity contribution is 0.0143. The predicted octanol–water partition coefficient (Wildman–Crippen LogP) is 5.30. The molecular formula is C29H37N3O3. The molecule has 1 aromatic heterocycles. The van der Waals surface area contributed by atoms with Crippen LogP contribution >= 0.6 is 0 Å². The smallest absolute Gasteiger partial charge is 0.410 e. The van der Waals surface area contributed by atoms with Crippen LogP contribution in [0.3, 0.4) is 0 Å². The van der Waals surface area contributed by atoms with E-state index in [1.165, 1.54) is 27.7 Å². The van der Waals surface area contributed by atoms with Crippen molar-refractivity contribution in [2.24, 2.45) is 0 Å². The van der Waals surface area contributed by atoms with Gasteiger partial charge in [0.15, 0.2) is 5.78 Å². The molecule has 6 nitrogen and oxygen atoms in total. The first-order valence-corrected chi connectivity index (χ1v) is 12.5. The van der Waals surface area contributed by atoms with Gasteiger partial charge in [-0.15, -0.1) is 0 Å². The minimum atomic E-state index is -0.464. The van der Waals surface area contributed by atoms with Crippen LogP contribution in [0, 0.1) is 6.92 Å². The molecule has 0 N–H and O–H groups in total. The molecule has 1 saturated heterocycles. The van der Waals surface area contributed by atoms with E-state index in [0.717, 1.165) is 38.2 Å². The van der Waals surface area contributed by atoms with Gasteiger partial charge >= 0.3 is 6.09 Å². The molecule has 1 aliphatic rings. The Morgan fingerprint density at radius 1 is 0.914 bits per heavy atom. The number of carbonyl (C=O) groups excluding carboxylic acids is 2. The number of ketones is 1. The van der Waals surface area contributed by atoms with Crippen molar-refractivity contribution < 1.29 is 14.3 Å². The molecule has 0 atom stereocenters. The summed E-state index contributed by atoms with van der Waals surface area (Å²) in [6.45, 7) is 14.5. The van der Waals surface area contributed by atoms with E-state index in [1.807, 2.05) is 37.8 Å². The second-order valence-corrected chi connectivity index (χ2v) is 10.5. The molecular weight excluding hydrogens is 438 g/mol. The Kier molecular flexibility index (Phi) is 7.31. The van der Waals surface area contributed by atoms with Crippen LogP contribution in [0.25, 0.3) is 10.9 Å². The summed E-state index contributed by atoms with van der Waals surface area (Å²) in [5.41, 5.74) is 5.38. The Morgan fingerprint density at radius 2 is 1.57 bits per heavy atom. The van der Waals surface area contributed by atoms with E-state index in [2.05, 4.69) is 52.8 Å². The standard InChI is InChI=1S/C29H37N3O3/c1-21-26(20-23-10-12-24(13-11-23)22(2)33)25-8-6-7-9-27(25)32(21)19-16-30-14-17-31(18-15-30)28(34)35-29(3,4)5/h6-13H,14-20H2,1-5H3. The summed E-state index contributed by atoms with van der Waals surface area (Å²) in [4.78, 5) is 28.2. The second kappa shape index (κ2) is 10.2. The largest absolute Gasteiger partial charge is 0.444 e. The number of nitrogens with zero attached hydrogens (tertiary/aromatic N) is 3. The van der Waals surface area contributed by atoms with Gasteiger partial charge < -0.3 is 14.2 Å². The van der Waals surface area contributed by atoms with Gasteiger partial charge in [-0.1, -0.05) is 42.5 Å². The van der Waals surface area contributed by atoms with Gasteiger partial charge in [-0.2, -0.15) is 0 Å². The van der Waals surface area contributed by atoms with E-state index < -0.39 is 5.60 Å². The van der Waals surface area contributed by atoms with Crippen LogP contribution in [0.1, 0.15) is 54.9 Å². The van der Waals surface area contributed by atoms with Crippen LogP contribution < -0.4 is 0 Å². The number of amides is 1. The van der Waals surface area contributed by atoms with Gasteiger partial charge in [-0.3, -0.25) is 9.69 Å². The Hall–Kier alpha value is -3.12. The monoisotopic (exact) mass is 475 g/mol. The zero-order valence-electron chi connectivity index (χ0n) is 21.6. The Balaban J connectivity index is 1.44. The number of carbonyl (C=O) groups is 2. The van der Waals surface area contributed by atoms with Crippen LogP contribution in [0.5, 0.6) is 0 Å². The molecule has 1 aliphatic heterocycles. The van der Waals surface area contributed by atoms with Gasteiger partial charge in [-0.25, -0.2) is 4.79 Å². The van der Waals surface area contributed by atoms with Crippen molar-refractivity contribution in [1.29, 1.82) is 0 Å². The quantitative estimate of drug-likeness (QED) is 0.454. The minimum Gasteiger partial charge on any atom is -0.444 e. The predicted molar refractivity (Wildman–Crippen MR) is 140 cm³/mol. The van der Waals surface area contributed by atoms with Gasteiger partial charge in [0, 0.05) is 61.4 Å². The fourth-order valence-electron chi connectivity index (χ4n) is 4.80. The van der Waals surface area contributed by atoms with Gasteiger partial charge in [0.2, 0.25) is 0 Å². The number of benzene rings is 2. The molecule has 0 aliphatic carbocycles. The third-order valence-electron chi connectivity index (χ3n) is 6.77. The molecule has 35 heavy (non-hydrogen) atoms. The highest BCUT2D eigenvalue weighted by atomic mass is 16.6. The van der Waals surface area contributed by atoms with Crippen LogP contribution in [-0.4, -0.2) is 64.6 Å². The van der Waals surface area contributed by atoms with Crippen molar-refractivity contribution in [3.63, 3.8) is 0 Å². The maximum absolute atomic E-state index is 12.4. The van der Waals surface area contributed by atoms with Crippen LogP contribution in [0.4, 0.5) is 4.79 Å². The molecule has 4 rings (SSSR count). The summed E-state index contributed by atoms with van der Waals surface area (Å²) >= 11 is 0. The van der Waals surface area contributed by atoms with Gasteiger partial charge in [-0.05, 0) is 58.2 Å². The molecule has 1 amide bonds. The maximum Gasteiger partial charge on any atom is 0.410 e. The summed E-state index contributed by atoms with van der Waals surface area (Å²) in [6.07, 6.45) is 0.622. The number of hydrogen-bond donors (Lipinski definition) is 0. The van der Waals surface area contributed by atoms with Gasteiger partial charge in [0.1, 0.15) is 5.60 Å². The molecule has 2 heterocycles. The number of fused-ring (bicyclic) bond motifs is 1. The molecule has 186 valence electrons. The molecule has 0 spiro atoms. The van der Waals surface area contributed by atoms with Crippen molar-refractivity contribution in [3.05, 3.63) is 70.9 Å². The minimum absolute atomic E-state index is 0.0938. The highest BCUT2D eigenvalue weighted by molar-refractivity contribution is 5.94. The Labute approximate surface area is 208 Å². The number of rotatable bonds is 6. The number of piperazine rings is 1. The maximum atomic E-state index is 12.4. The lowest BCUT2D eigenvalue weighted by Gasteiger charge is -2.35. The topological polar surface area (TPSA) is 54.8 Å². The molecule has 6 heteroatoms. The molecule has 3 aromatic rings. The summed E-state index contributed by atoms with van der Waals surface area (Å²) < 4.78 is 7.95. The number of para-hydroxylation sites is 1. The third kappa shape index (κ3) is 5.93. The van der Waals surface area contributed by atoms with Crippen molar-refractivity contribution in [2.45, 2.75) is 53.2 Å². The van der Waals surface area contributed by atoms with E-state index in [1.54, 1.807) is 6.92 Å². The average Bonchev–Trinajstić information content (AvgIpc) is 3.08. The molecule has 1 fully saturated rings. The first kappa shape index (κ1) is 25.0. The molecule has 2 aromatic carbocycles. The number of Topliss-reactive ketones (excluding diaryl/α,β-unsaturated/α-hetero) is 1. The first-order chi connectivity index (χ1) is 16.6. The van der Waals surface area contributed by atoms with Gasteiger partial charge in [0.05, 0.1) is 0 Å². The summed E-state index contributed by atoms with van der Waals surface area (Å²) in [5.74, 6) is 0.0938. The lowest BCUT2D eigenvalue weighted by Crippen LogP contribution is -2.50. The SMILES string of the molecule is CC(=O)c1ccc(Cc2c(C)n(CCN3CCN(C(=O)OC(C)(C)C)CC3)c3ccccc23)cc1. The van der Waals surface area contributed by atoms with Crippen molar-refractivity contribution in [3.8, 4) is 0 Å². The zero-order chi connectivity index (χ0) is 25.2. The third-order valence-corrected chi connectivity index (χ3v) is 6.77. The van der Waals surface area contributed by atoms with Crippen molar-refractivity contribution >= 4 is 22.8 Å². The molecule has 0 bridgehead atoms. The molecule has 0 unspecified atom stereocenters. The summed E-state index contributed by atoms with van der Waals surface area (Å²) in [7, 11) is 0. The number of ether oxygens (including phenoxy) is 1. The Bertz CT molecular complexity index is 1200. The number of aromatic nitrogens is 1. The van der Waals surface area contributed by atoms with E-state index in [-0.39, 0.29) is 11.9 Å². The lowest BCUT2D eigenvalue weighted by atomic mass is 10.0. The summed E-state index contributed by atoms with van der Waals surface area (Å²) in [6, 6.07) is 16.6. The fraction of sp³-hybridized carbons (Fsp3) is 0.448. The molecule has 0 saturated carbocycles. The van der Waals surface area contributed by atoms with E-state index in [9.17, 15) is 9.59 Å². The van der Waals surface area contributed by atoms with Crippen molar-refractivity contribution in [1.82, 2.24) is 14.4 Å². The van der Waals surface area contributed by atoms with E-state index >= 15 is 0 Å². The van der Waals surface area contributed by atoms with Crippen molar-refractivity contribution in [2.75, 3.05) is 32.7 Å². The highest BCUT2D eigenvalue weighted by Gasteiger charge is 2.26.